The molecule has 1 N–H and O–H groups in total. The van der Waals surface area contributed by atoms with Crippen molar-refractivity contribution in [2.45, 2.75) is 6.90 Å². The highest BCUT2D eigenvalue weighted by molar-refractivity contribution is 6.34. The van der Waals surface area contributed by atoms with Gasteiger partial charge in [0.15, 0.2) is 1.41 Å². The third-order valence-electron chi connectivity index (χ3n) is 1.33. The number of hydrogen-bond donors (Lipinski definition) is 1. The van der Waals surface area contributed by atoms with Crippen molar-refractivity contribution in [2.75, 3.05) is 0 Å². The highest BCUT2D eigenvalue weighted by Gasteiger charge is 2.04. The van der Waals surface area contributed by atoms with Crippen molar-refractivity contribution >= 4 is 22.6 Å². The molecule has 0 aliphatic carbocycles. The van der Waals surface area contributed by atoms with Crippen LogP contribution >= 0.6 is 11.6 Å². The molecule has 0 atom stereocenters. The van der Waals surface area contributed by atoms with E-state index in [4.69, 9.17) is 17.1 Å². The first-order chi connectivity index (χ1) is 7.06. The summed E-state index contributed by atoms with van der Waals surface area (Å²) < 4.78 is 29.6. The number of aromatic nitrogens is 3. The molecular formula is C7H6ClN3. The van der Waals surface area contributed by atoms with Gasteiger partial charge in [0.05, 0.1) is 6.76 Å². The fourth-order valence-corrected chi connectivity index (χ4v) is 1.07. The summed E-state index contributed by atoms with van der Waals surface area (Å²) >= 11 is 5.80. The zero-order valence-corrected chi connectivity index (χ0v) is 6.18. The molecule has 0 radical (unpaired) electrons. The molecule has 0 fully saturated rings. The molecule has 0 bridgehead atoms. The fraction of sp³-hybridized carbons (Fsp3) is 0.143. The van der Waals surface area contributed by atoms with E-state index < -0.39 is 0 Å². The molecule has 0 saturated heterocycles. The molecule has 4 heteroatoms. The van der Waals surface area contributed by atoms with Crippen LogP contribution in [0.3, 0.4) is 0 Å². The summed E-state index contributed by atoms with van der Waals surface area (Å²) in [5.41, 5.74) is 0.414. The molecule has 0 aliphatic heterocycles. The van der Waals surface area contributed by atoms with E-state index in [1.807, 2.05) is 0 Å². The lowest BCUT2D eigenvalue weighted by Gasteiger charge is -1.91. The smallest absolute Gasteiger partial charge is 0.167 e. The van der Waals surface area contributed by atoms with Crippen LogP contribution in [0.2, 0.25) is 6.56 Å². The van der Waals surface area contributed by atoms with E-state index >= 15 is 0 Å². The number of nitrogens with one attached hydrogen (secondary N) is 1. The first-order valence-corrected chi connectivity index (χ1v) is 3.26. The normalized spacial score (nSPS) is 15.7. The first-order valence-electron chi connectivity index (χ1n) is 5.04. The van der Waals surface area contributed by atoms with E-state index in [0.29, 0.717) is 10.9 Å². The van der Waals surface area contributed by atoms with E-state index in [9.17, 15) is 0 Å². The SMILES string of the molecule is [2H]Cc1c([2H])n([2H])c2nc([2H])nc(Cl)c12. The maximum atomic E-state index is 7.56. The fourth-order valence-electron chi connectivity index (χ4n) is 0.837. The van der Waals surface area contributed by atoms with E-state index in [1.54, 1.807) is 0 Å². The van der Waals surface area contributed by atoms with Crippen molar-refractivity contribution in [3.8, 4) is 0 Å². The summed E-state index contributed by atoms with van der Waals surface area (Å²) in [6.07, 6.45) is -0.433. The minimum Gasteiger partial charge on any atom is -0.346 e. The molecule has 11 heavy (non-hydrogen) atoms. The van der Waals surface area contributed by atoms with Crippen LogP contribution < -0.4 is 0 Å². The van der Waals surface area contributed by atoms with Gasteiger partial charge in [-0.1, -0.05) is 11.6 Å². The average molecular weight is 172 g/mol. The number of rotatable bonds is 0. The summed E-state index contributed by atoms with van der Waals surface area (Å²) in [5.74, 6) is 0. The summed E-state index contributed by atoms with van der Waals surface area (Å²) in [6.45, 7) is -0.165. The van der Waals surface area contributed by atoms with Crippen molar-refractivity contribution in [3.63, 3.8) is 0 Å². The van der Waals surface area contributed by atoms with Gasteiger partial charge >= 0.3 is 0 Å². The molecule has 2 aromatic rings. The second-order valence-electron chi connectivity index (χ2n) is 2.02. The Morgan fingerprint density at radius 2 is 2.73 bits per heavy atom. The zero-order chi connectivity index (χ0) is 11.2. The highest BCUT2D eigenvalue weighted by atomic mass is 35.5. The average Bonchev–Trinajstić information content (AvgIpc) is 2.42. The van der Waals surface area contributed by atoms with Crippen molar-refractivity contribution < 1.29 is 5.52 Å². The lowest BCUT2D eigenvalue weighted by Crippen LogP contribution is -1.80. The third kappa shape index (κ3) is 0.886. The van der Waals surface area contributed by atoms with Gasteiger partial charge in [0.2, 0.25) is 0 Å². The summed E-state index contributed by atoms with van der Waals surface area (Å²) in [5, 5.41) is 0.342. The molecule has 2 heterocycles. The Morgan fingerprint density at radius 1 is 1.82 bits per heavy atom. The standard InChI is InChI=1S/C7H6ClN3/c1-4-2-9-7-5(4)6(8)10-3-11-7/h2-3H,1H3,(H,9,10,11)/i1D,2D,3D/hD. The van der Waals surface area contributed by atoms with Crippen molar-refractivity contribution in [1.82, 2.24) is 14.9 Å². The van der Waals surface area contributed by atoms with Crippen LogP contribution in [-0.2, 0) is 0 Å². The maximum absolute atomic E-state index is 7.56. The van der Waals surface area contributed by atoms with Crippen LogP contribution in [0, 0.1) is 6.90 Å². The Morgan fingerprint density at radius 3 is 3.55 bits per heavy atom. The van der Waals surface area contributed by atoms with Gasteiger partial charge < -0.3 is 4.98 Å². The Balaban J connectivity index is 2.97. The van der Waals surface area contributed by atoms with Crippen LogP contribution in [-0.4, -0.2) is 14.9 Å². The van der Waals surface area contributed by atoms with Crippen LogP contribution in [0.25, 0.3) is 11.0 Å². The lowest BCUT2D eigenvalue weighted by atomic mass is 10.3. The molecule has 0 aromatic carbocycles. The third-order valence-corrected chi connectivity index (χ3v) is 1.61. The molecule has 0 saturated carbocycles. The monoisotopic (exact) mass is 171 g/mol. The topological polar surface area (TPSA) is 41.6 Å². The number of H-pyrrole nitrogens is 1. The van der Waals surface area contributed by atoms with Gasteiger partial charge in [-0.2, -0.15) is 0 Å². The predicted molar refractivity (Wildman–Crippen MR) is 43.6 cm³/mol. The highest BCUT2D eigenvalue weighted by Crippen LogP contribution is 2.21. The molecule has 56 valence electrons. The zero-order valence-electron chi connectivity index (χ0n) is 9.43. The Kier molecular flexibility index (Phi) is 0.709. The van der Waals surface area contributed by atoms with E-state index in [2.05, 4.69) is 9.97 Å². The van der Waals surface area contributed by atoms with Gasteiger partial charge in [-0.3, -0.25) is 0 Å². The van der Waals surface area contributed by atoms with Gasteiger partial charge in [0.1, 0.15) is 18.5 Å². The summed E-state index contributed by atoms with van der Waals surface area (Å²) in [7, 11) is 0. The van der Waals surface area contributed by atoms with Crippen LogP contribution in [0.4, 0.5) is 0 Å². The number of aromatic amines is 1. The number of aryl methyl sites for hydroxylation is 1. The van der Waals surface area contributed by atoms with Crippen LogP contribution in [0.15, 0.2) is 12.5 Å². The van der Waals surface area contributed by atoms with Gasteiger partial charge in [0.25, 0.3) is 0 Å². The molecule has 3 nitrogen and oxygen atoms in total. The minimum absolute atomic E-state index is 0.0201. The van der Waals surface area contributed by atoms with Gasteiger partial charge in [-0.25, -0.2) is 9.97 Å². The summed E-state index contributed by atoms with van der Waals surface area (Å²) in [4.78, 5) is 8.09. The van der Waals surface area contributed by atoms with Crippen molar-refractivity contribution in [3.05, 3.63) is 23.2 Å². The van der Waals surface area contributed by atoms with E-state index in [1.165, 1.54) is 0 Å². The number of nitrogens with zero attached hydrogens (tertiary/aromatic N) is 2. The molecule has 2 rings (SSSR count). The van der Waals surface area contributed by atoms with Crippen LogP contribution in [0.5, 0.6) is 0 Å². The first kappa shape index (κ1) is 3.54. The Bertz CT molecular complexity index is 539. The number of halogens is 1. The number of fused-ring (bicyclic) bond motifs is 1. The second-order valence-corrected chi connectivity index (χ2v) is 2.37. The van der Waals surface area contributed by atoms with Gasteiger partial charge in [-0.05, 0) is 12.5 Å². The largest absolute Gasteiger partial charge is 0.346 e. The van der Waals surface area contributed by atoms with Crippen molar-refractivity contribution in [1.29, 1.82) is 0 Å². The van der Waals surface area contributed by atoms with E-state index in [-0.39, 0.29) is 30.2 Å². The molecule has 0 spiro atoms. The molecule has 2 aromatic heterocycles. The molecule has 0 amide bonds. The summed E-state index contributed by atoms with van der Waals surface area (Å²) in [6, 6.07) is 0. The quantitative estimate of drug-likeness (QED) is 0.616. The predicted octanol–water partition coefficient (Wildman–Crippen LogP) is 1.92. The minimum atomic E-state index is -0.296. The second kappa shape index (κ2) is 2.20. The maximum Gasteiger partial charge on any atom is 0.167 e. The molecule has 0 aliphatic rings. The van der Waals surface area contributed by atoms with Gasteiger partial charge in [0, 0.05) is 7.54 Å². The number of hydrogen-bond acceptors (Lipinski definition) is 2. The Hall–Kier alpha value is -1.09. The van der Waals surface area contributed by atoms with Crippen LogP contribution in [0.1, 0.15) is 9.68 Å². The molecule has 0 unspecified atom stereocenters. The van der Waals surface area contributed by atoms with Crippen molar-refractivity contribution in [2.24, 2.45) is 0 Å². The van der Waals surface area contributed by atoms with Gasteiger partial charge in [-0.15, -0.1) is 0 Å². The Labute approximate surface area is 74.1 Å². The van der Waals surface area contributed by atoms with E-state index in [0.717, 1.165) is 4.98 Å². The molecular weight excluding hydrogens is 162 g/mol. The lowest BCUT2D eigenvalue weighted by molar-refractivity contribution is 1.20.